The fraction of sp³-hybridized carbons (Fsp3) is 0.114. The Hall–Kier alpha value is -5.19. The van der Waals surface area contributed by atoms with E-state index in [1.807, 2.05) is 30.3 Å². The Balaban J connectivity index is 2.06. The van der Waals surface area contributed by atoms with Gasteiger partial charge < -0.3 is 11.1 Å². The van der Waals surface area contributed by atoms with Gasteiger partial charge in [0, 0.05) is 34.5 Å². The number of hydrogen-bond acceptors (Lipinski definition) is 4. The molecule has 0 aliphatic heterocycles. The molecule has 39 heavy (non-hydrogen) atoms. The molecule has 4 nitrogen and oxygen atoms in total. The summed E-state index contributed by atoms with van der Waals surface area (Å²) in [4.78, 5) is 0. The number of benzene rings is 4. The van der Waals surface area contributed by atoms with Crippen molar-refractivity contribution in [2.45, 2.75) is 26.2 Å². The molecule has 0 amide bonds. The Morgan fingerprint density at radius 1 is 0.821 bits per heavy atom. The zero-order valence-electron chi connectivity index (χ0n) is 22.3. The number of nitriles is 2. The Morgan fingerprint density at radius 3 is 2.05 bits per heavy atom. The predicted molar refractivity (Wildman–Crippen MR) is 162 cm³/mol. The molecule has 188 valence electrons. The largest absolute Gasteiger partial charge is 0.404 e. The highest BCUT2D eigenvalue weighted by Gasteiger charge is 2.36. The van der Waals surface area contributed by atoms with Crippen LogP contribution in [-0.4, -0.2) is 6.21 Å². The molecular formula is C35H28N4. The van der Waals surface area contributed by atoms with Crippen molar-refractivity contribution in [3.8, 4) is 23.3 Å². The maximum absolute atomic E-state index is 9.55. The molecule has 5 rings (SSSR count). The second-order valence-electron chi connectivity index (χ2n) is 10.4. The van der Waals surface area contributed by atoms with Gasteiger partial charge in [-0.05, 0) is 91.7 Å². The average molecular weight is 505 g/mol. The highest BCUT2D eigenvalue weighted by atomic mass is 14.5. The van der Waals surface area contributed by atoms with Crippen LogP contribution in [0.3, 0.4) is 0 Å². The second kappa shape index (κ2) is 9.60. The van der Waals surface area contributed by atoms with Crippen LogP contribution in [0.25, 0.3) is 43.8 Å². The van der Waals surface area contributed by atoms with Crippen molar-refractivity contribution >= 4 is 38.9 Å². The molecule has 4 heteroatoms. The lowest BCUT2D eigenvalue weighted by atomic mass is 9.79. The Morgan fingerprint density at radius 2 is 1.44 bits per heavy atom. The van der Waals surface area contributed by atoms with Crippen LogP contribution >= 0.6 is 0 Å². The summed E-state index contributed by atoms with van der Waals surface area (Å²) in [5.74, 6) is 0. The second-order valence-corrected chi connectivity index (χ2v) is 10.4. The van der Waals surface area contributed by atoms with E-state index in [9.17, 15) is 10.5 Å². The summed E-state index contributed by atoms with van der Waals surface area (Å²) in [5.41, 5.74) is 14.8. The van der Waals surface area contributed by atoms with Gasteiger partial charge in [0.25, 0.3) is 0 Å². The van der Waals surface area contributed by atoms with E-state index in [2.05, 4.69) is 69.0 Å². The van der Waals surface area contributed by atoms with Crippen molar-refractivity contribution in [3.63, 3.8) is 0 Å². The van der Waals surface area contributed by atoms with E-state index >= 15 is 0 Å². The molecule has 0 heterocycles. The molecule has 0 fully saturated rings. The van der Waals surface area contributed by atoms with Gasteiger partial charge in [-0.15, -0.1) is 0 Å². The molecule has 0 aromatic heterocycles. The predicted octanol–water partition coefficient (Wildman–Crippen LogP) is 8.18. The molecule has 4 aromatic rings. The van der Waals surface area contributed by atoms with E-state index in [1.54, 1.807) is 19.2 Å². The summed E-state index contributed by atoms with van der Waals surface area (Å²) < 4.78 is 0. The smallest absolute Gasteiger partial charge is 0.0985 e. The van der Waals surface area contributed by atoms with Crippen LogP contribution in [-0.2, 0) is 5.41 Å². The normalized spacial score (nSPS) is 14.4. The standard InChI is InChI=1S/C35H28N4/c1-21(17-36)13-23(19-38)33-26-10-5-6-11-27(26)34(24(20-39)14-22(2)18-37)30-16-32-28(15-29(30)33)25-9-7-8-12-31(25)35(32,3)4/h5-16,19-20,38H,1,39H2,2-4H3/b22-14+,23-13+,24-20+,38-19?. The van der Waals surface area contributed by atoms with Crippen molar-refractivity contribution in [2.24, 2.45) is 5.73 Å². The summed E-state index contributed by atoms with van der Waals surface area (Å²) >= 11 is 0. The number of allylic oxidation sites excluding steroid dienone is 6. The highest BCUT2D eigenvalue weighted by molar-refractivity contribution is 6.25. The lowest BCUT2D eigenvalue weighted by molar-refractivity contribution is 0.661. The first-order valence-corrected chi connectivity index (χ1v) is 12.7. The molecular weight excluding hydrogens is 476 g/mol. The van der Waals surface area contributed by atoms with Gasteiger partial charge in [-0.3, -0.25) is 0 Å². The van der Waals surface area contributed by atoms with Crippen molar-refractivity contribution in [2.75, 3.05) is 0 Å². The van der Waals surface area contributed by atoms with Crippen LogP contribution < -0.4 is 5.73 Å². The van der Waals surface area contributed by atoms with Gasteiger partial charge in [-0.1, -0.05) is 69.0 Å². The summed E-state index contributed by atoms with van der Waals surface area (Å²) in [7, 11) is 0. The topological polar surface area (TPSA) is 97.5 Å². The lowest BCUT2D eigenvalue weighted by Crippen LogP contribution is -2.15. The molecule has 0 spiro atoms. The van der Waals surface area contributed by atoms with Crippen molar-refractivity contribution in [3.05, 3.63) is 119 Å². The zero-order valence-corrected chi connectivity index (χ0v) is 22.3. The van der Waals surface area contributed by atoms with Gasteiger partial charge in [0.15, 0.2) is 0 Å². The maximum atomic E-state index is 9.55. The molecule has 0 saturated carbocycles. The fourth-order valence-corrected chi connectivity index (χ4v) is 5.87. The van der Waals surface area contributed by atoms with Gasteiger partial charge in [0.2, 0.25) is 0 Å². The molecule has 0 bridgehead atoms. The van der Waals surface area contributed by atoms with E-state index in [1.165, 1.54) is 22.9 Å². The van der Waals surface area contributed by atoms with Crippen LogP contribution in [0.1, 0.15) is 43.0 Å². The number of nitrogens with two attached hydrogens (primary N) is 1. The highest BCUT2D eigenvalue weighted by Crippen LogP contribution is 2.52. The molecule has 1 aliphatic carbocycles. The van der Waals surface area contributed by atoms with E-state index in [0.29, 0.717) is 11.1 Å². The third-order valence-corrected chi connectivity index (χ3v) is 7.66. The monoisotopic (exact) mass is 504 g/mol. The van der Waals surface area contributed by atoms with Crippen LogP contribution in [0.2, 0.25) is 0 Å². The van der Waals surface area contributed by atoms with Crippen LogP contribution in [0, 0.1) is 28.1 Å². The molecule has 0 radical (unpaired) electrons. The first-order chi connectivity index (χ1) is 18.8. The fourth-order valence-electron chi connectivity index (χ4n) is 5.87. The van der Waals surface area contributed by atoms with Gasteiger partial charge in [-0.25, -0.2) is 0 Å². The lowest BCUT2D eigenvalue weighted by Gasteiger charge is -2.24. The van der Waals surface area contributed by atoms with E-state index in [-0.39, 0.29) is 11.0 Å². The minimum atomic E-state index is -0.219. The Bertz CT molecular complexity index is 1900. The van der Waals surface area contributed by atoms with Crippen molar-refractivity contribution in [1.29, 1.82) is 15.9 Å². The van der Waals surface area contributed by atoms with Crippen molar-refractivity contribution < 1.29 is 0 Å². The number of rotatable bonds is 5. The van der Waals surface area contributed by atoms with Gasteiger partial charge in [0.1, 0.15) is 0 Å². The van der Waals surface area contributed by atoms with Crippen LogP contribution in [0.5, 0.6) is 0 Å². The Labute approximate surface area is 228 Å². The molecule has 4 aromatic carbocycles. The van der Waals surface area contributed by atoms with Gasteiger partial charge in [-0.2, -0.15) is 10.5 Å². The maximum Gasteiger partial charge on any atom is 0.0985 e. The summed E-state index contributed by atoms with van der Waals surface area (Å²) in [6.07, 6.45) is 6.32. The first-order valence-electron chi connectivity index (χ1n) is 12.7. The first kappa shape index (κ1) is 25.5. The number of hydrogen-bond donors (Lipinski definition) is 2. The number of nitrogens with one attached hydrogen (secondary N) is 1. The molecule has 0 unspecified atom stereocenters. The third kappa shape index (κ3) is 3.95. The van der Waals surface area contributed by atoms with E-state index in [0.717, 1.165) is 43.8 Å². The number of fused-ring (bicyclic) bond motifs is 5. The minimum Gasteiger partial charge on any atom is -0.404 e. The summed E-state index contributed by atoms with van der Waals surface area (Å²) in [5, 5.41) is 31.1. The average Bonchev–Trinajstić information content (AvgIpc) is 3.18. The number of nitrogens with zero attached hydrogens (tertiary/aromatic N) is 2. The minimum absolute atomic E-state index is 0.219. The van der Waals surface area contributed by atoms with E-state index in [4.69, 9.17) is 11.1 Å². The van der Waals surface area contributed by atoms with Gasteiger partial charge >= 0.3 is 0 Å². The molecule has 0 saturated heterocycles. The van der Waals surface area contributed by atoms with E-state index < -0.39 is 0 Å². The quantitative estimate of drug-likeness (QED) is 0.124. The zero-order chi connectivity index (χ0) is 27.9. The summed E-state index contributed by atoms with van der Waals surface area (Å²) in [6, 6.07) is 25.3. The molecule has 0 atom stereocenters. The molecule has 1 aliphatic rings. The SMILES string of the molecule is C=C(C#N)/C=C(\C=N)c1c2ccccc2c(C(/C=C(\C)C#N)=C/N)c2cc3c(cc12)-c1ccccc1C3(C)C. The molecule has 3 N–H and O–H groups in total. The Kier molecular flexibility index (Phi) is 6.27. The third-order valence-electron chi connectivity index (χ3n) is 7.66. The van der Waals surface area contributed by atoms with Crippen LogP contribution in [0.4, 0.5) is 0 Å². The van der Waals surface area contributed by atoms with Crippen LogP contribution in [0.15, 0.2) is 96.7 Å². The summed E-state index contributed by atoms with van der Waals surface area (Å²) in [6.45, 7) is 10.1. The van der Waals surface area contributed by atoms with Crippen molar-refractivity contribution in [1.82, 2.24) is 0 Å². The van der Waals surface area contributed by atoms with Gasteiger partial charge in [0.05, 0.1) is 12.1 Å².